The molecule has 0 amide bonds. The number of nitrogen functional groups attached to an aromatic ring is 1. The van der Waals surface area contributed by atoms with Crippen LogP contribution in [0.3, 0.4) is 0 Å². The van der Waals surface area contributed by atoms with Gasteiger partial charge in [0.05, 0.1) is 5.69 Å². The van der Waals surface area contributed by atoms with Crippen molar-refractivity contribution in [3.8, 4) is 11.3 Å². The van der Waals surface area contributed by atoms with Crippen LogP contribution in [0.15, 0.2) is 36.5 Å². The summed E-state index contributed by atoms with van der Waals surface area (Å²) in [4.78, 5) is 4.12. The van der Waals surface area contributed by atoms with E-state index < -0.39 is 0 Å². The molecule has 0 aliphatic carbocycles. The standard InChI is InChI=1S/C12H11FN2/c1-8-4-5-15-12(6-8)10-3-2-9(14)7-11(10)13/h2-7H,14H2,1H3. The normalized spacial score (nSPS) is 10.3. The van der Waals surface area contributed by atoms with Crippen LogP contribution in [0, 0.1) is 12.7 Å². The van der Waals surface area contributed by atoms with Gasteiger partial charge in [-0.05, 0) is 42.8 Å². The highest BCUT2D eigenvalue weighted by atomic mass is 19.1. The van der Waals surface area contributed by atoms with Crippen LogP contribution in [-0.2, 0) is 0 Å². The minimum Gasteiger partial charge on any atom is -0.399 e. The smallest absolute Gasteiger partial charge is 0.134 e. The molecule has 2 N–H and O–H groups in total. The number of rotatable bonds is 1. The SMILES string of the molecule is Cc1ccnc(-c2ccc(N)cc2F)c1. The number of pyridine rings is 1. The molecule has 2 aromatic rings. The van der Waals surface area contributed by atoms with Gasteiger partial charge in [-0.1, -0.05) is 0 Å². The zero-order chi connectivity index (χ0) is 10.8. The lowest BCUT2D eigenvalue weighted by Gasteiger charge is -2.04. The predicted molar refractivity (Wildman–Crippen MR) is 58.8 cm³/mol. The lowest BCUT2D eigenvalue weighted by atomic mass is 10.1. The summed E-state index contributed by atoms with van der Waals surface area (Å²) in [5, 5.41) is 0. The van der Waals surface area contributed by atoms with Gasteiger partial charge in [-0.15, -0.1) is 0 Å². The number of halogens is 1. The minimum absolute atomic E-state index is 0.340. The van der Waals surface area contributed by atoms with Crippen molar-refractivity contribution in [3.63, 3.8) is 0 Å². The summed E-state index contributed by atoms with van der Waals surface area (Å²) in [5.74, 6) is -0.340. The average Bonchev–Trinajstić information content (AvgIpc) is 2.17. The van der Waals surface area contributed by atoms with Crippen LogP contribution in [0.2, 0.25) is 0 Å². The molecule has 0 aliphatic rings. The summed E-state index contributed by atoms with van der Waals surface area (Å²) in [6.07, 6.45) is 1.67. The van der Waals surface area contributed by atoms with Gasteiger partial charge < -0.3 is 5.73 Å². The second kappa shape index (κ2) is 3.69. The van der Waals surface area contributed by atoms with E-state index in [-0.39, 0.29) is 5.82 Å². The Bertz CT molecular complexity index is 495. The van der Waals surface area contributed by atoms with Gasteiger partial charge in [0, 0.05) is 17.4 Å². The Kier molecular flexibility index (Phi) is 2.37. The van der Waals surface area contributed by atoms with Gasteiger partial charge in [0.25, 0.3) is 0 Å². The van der Waals surface area contributed by atoms with E-state index >= 15 is 0 Å². The van der Waals surface area contributed by atoms with Crippen molar-refractivity contribution < 1.29 is 4.39 Å². The Labute approximate surface area is 87.6 Å². The molecular weight excluding hydrogens is 191 g/mol. The van der Waals surface area contributed by atoms with Gasteiger partial charge in [-0.25, -0.2) is 4.39 Å². The third-order valence-corrected chi connectivity index (χ3v) is 2.18. The number of benzene rings is 1. The second-order valence-electron chi connectivity index (χ2n) is 3.46. The van der Waals surface area contributed by atoms with Crippen LogP contribution in [0.5, 0.6) is 0 Å². The minimum atomic E-state index is -0.340. The first-order valence-corrected chi connectivity index (χ1v) is 4.65. The molecule has 1 aromatic heterocycles. The summed E-state index contributed by atoms with van der Waals surface area (Å²) in [6, 6.07) is 8.33. The monoisotopic (exact) mass is 202 g/mol. The Balaban J connectivity index is 2.54. The Morgan fingerprint density at radius 3 is 2.67 bits per heavy atom. The number of nitrogens with two attached hydrogens (primary N) is 1. The van der Waals surface area contributed by atoms with Crippen LogP contribution in [0.1, 0.15) is 5.56 Å². The second-order valence-corrected chi connectivity index (χ2v) is 3.46. The molecule has 0 aliphatic heterocycles. The molecule has 0 saturated heterocycles. The Morgan fingerprint density at radius 1 is 1.20 bits per heavy atom. The van der Waals surface area contributed by atoms with Crippen LogP contribution < -0.4 is 5.73 Å². The molecule has 2 rings (SSSR count). The third-order valence-electron chi connectivity index (χ3n) is 2.18. The molecule has 3 heteroatoms. The maximum Gasteiger partial charge on any atom is 0.134 e. The molecule has 0 fully saturated rings. The molecule has 76 valence electrons. The fourth-order valence-electron chi connectivity index (χ4n) is 1.42. The van der Waals surface area contributed by atoms with E-state index in [0.717, 1.165) is 5.56 Å². The summed E-state index contributed by atoms with van der Waals surface area (Å²) in [6.45, 7) is 1.94. The predicted octanol–water partition coefficient (Wildman–Crippen LogP) is 2.78. The molecule has 15 heavy (non-hydrogen) atoms. The van der Waals surface area contributed by atoms with E-state index in [1.54, 1.807) is 18.3 Å². The number of anilines is 1. The van der Waals surface area contributed by atoms with Crippen molar-refractivity contribution in [3.05, 3.63) is 47.9 Å². The molecule has 2 nitrogen and oxygen atoms in total. The summed E-state index contributed by atoms with van der Waals surface area (Å²) < 4.78 is 13.5. The van der Waals surface area contributed by atoms with Gasteiger partial charge in [0.2, 0.25) is 0 Å². The van der Waals surface area contributed by atoms with Gasteiger partial charge in [-0.3, -0.25) is 4.98 Å². The molecule has 1 aromatic carbocycles. The fraction of sp³-hybridized carbons (Fsp3) is 0.0833. The van der Waals surface area contributed by atoms with Crippen LogP contribution in [-0.4, -0.2) is 4.98 Å². The number of hydrogen-bond donors (Lipinski definition) is 1. The van der Waals surface area contributed by atoms with E-state index in [1.165, 1.54) is 6.07 Å². The van der Waals surface area contributed by atoms with Crippen molar-refractivity contribution in [1.82, 2.24) is 4.98 Å². The van der Waals surface area contributed by atoms with Gasteiger partial charge >= 0.3 is 0 Å². The molecule has 0 unspecified atom stereocenters. The summed E-state index contributed by atoms with van der Waals surface area (Å²) in [5.41, 5.74) is 8.06. The molecule has 0 saturated carbocycles. The van der Waals surface area contributed by atoms with E-state index in [9.17, 15) is 4.39 Å². The Morgan fingerprint density at radius 2 is 2.00 bits per heavy atom. The Hall–Kier alpha value is -1.90. The van der Waals surface area contributed by atoms with Crippen molar-refractivity contribution in [1.29, 1.82) is 0 Å². The van der Waals surface area contributed by atoms with Gasteiger partial charge in [0.1, 0.15) is 5.82 Å². The largest absolute Gasteiger partial charge is 0.399 e. The highest BCUT2D eigenvalue weighted by molar-refractivity contribution is 5.63. The van der Waals surface area contributed by atoms with Crippen LogP contribution in [0.25, 0.3) is 11.3 Å². The van der Waals surface area contributed by atoms with E-state index in [4.69, 9.17) is 5.73 Å². The fourth-order valence-corrected chi connectivity index (χ4v) is 1.42. The molecule has 0 radical (unpaired) electrons. The first-order chi connectivity index (χ1) is 7.16. The highest BCUT2D eigenvalue weighted by Crippen LogP contribution is 2.22. The first kappa shape index (κ1) is 9.65. The number of aromatic nitrogens is 1. The zero-order valence-electron chi connectivity index (χ0n) is 8.37. The maximum atomic E-state index is 13.5. The lowest BCUT2D eigenvalue weighted by molar-refractivity contribution is 0.631. The third kappa shape index (κ3) is 1.96. The van der Waals surface area contributed by atoms with E-state index in [2.05, 4.69) is 4.98 Å². The summed E-state index contributed by atoms with van der Waals surface area (Å²) >= 11 is 0. The molecule has 0 bridgehead atoms. The topological polar surface area (TPSA) is 38.9 Å². The van der Waals surface area contributed by atoms with Gasteiger partial charge in [0.15, 0.2) is 0 Å². The van der Waals surface area contributed by atoms with Crippen molar-refractivity contribution in [2.45, 2.75) is 6.92 Å². The van der Waals surface area contributed by atoms with E-state index in [0.29, 0.717) is 16.9 Å². The number of hydrogen-bond acceptors (Lipinski definition) is 2. The molecule has 0 atom stereocenters. The molecule has 0 spiro atoms. The first-order valence-electron chi connectivity index (χ1n) is 4.65. The van der Waals surface area contributed by atoms with Crippen molar-refractivity contribution in [2.75, 3.05) is 5.73 Å². The zero-order valence-corrected chi connectivity index (χ0v) is 8.37. The quantitative estimate of drug-likeness (QED) is 0.722. The van der Waals surface area contributed by atoms with Crippen LogP contribution in [0.4, 0.5) is 10.1 Å². The maximum absolute atomic E-state index is 13.5. The lowest BCUT2D eigenvalue weighted by Crippen LogP contribution is -1.91. The van der Waals surface area contributed by atoms with Gasteiger partial charge in [-0.2, -0.15) is 0 Å². The average molecular weight is 202 g/mol. The van der Waals surface area contributed by atoms with Crippen molar-refractivity contribution in [2.24, 2.45) is 0 Å². The van der Waals surface area contributed by atoms with E-state index in [1.807, 2.05) is 19.1 Å². The highest BCUT2D eigenvalue weighted by Gasteiger charge is 2.06. The number of nitrogens with zero attached hydrogens (tertiary/aromatic N) is 1. The molecule has 1 heterocycles. The van der Waals surface area contributed by atoms with Crippen LogP contribution >= 0.6 is 0 Å². The number of aryl methyl sites for hydroxylation is 1. The molecular formula is C12H11FN2. The summed E-state index contributed by atoms with van der Waals surface area (Å²) in [7, 11) is 0. The van der Waals surface area contributed by atoms with Crippen molar-refractivity contribution >= 4 is 5.69 Å².